The van der Waals surface area contributed by atoms with E-state index in [0.29, 0.717) is 12.0 Å². The van der Waals surface area contributed by atoms with E-state index in [0.717, 1.165) is 24.6 Å². The number of hydrogen-bond donors (Lipinski definition) is 2. The summed E-state index contributed by atoms with van der Waals surface area (Å²) >= 11 is 0. The SMILES string of the molecule is CCc1nc(C(=O)NC2CC3CCC2C3)n[nH]1. The third kappa shape index (κ3) is 1.94. The van der Waals surface area contributed by atoms with E-state index >= 15 is 0 Å². The number of aromatic amines is 1. The normalized spacial score (nSPS) is 30.8. The fourth-order valence-corrected chi connectivity index (χ4v) is 3.21. The summed E-state index contributed by atoms with van der Waals surface area (Å²) in [7, 11) is 0. The molecule has 0 aliphatic heterocycles. The highest BCUT2D eigenvalue weighted by Gasteiger charge is 2.40. The molecule has 0 saturated heterocycles. The molecule has 2 saturated carbocycles. The predicted octanol–water partition coefficient (Wildman–Crippen LogP) is 1.29. The third-order valence-corrected chi connectivity index (χ3v) is 4.12. The van der Waals surface area contributed by atoms with Gasteiger partial charge in [0.25, 0.3) is 5.91 Å². The number of carbonyl (C=O) groups is 1. The molecule has 2 N–H and O–H groups in total. The largest absolute Gasteiger partial charge is 0.346 e. The fraction of sp³-hybridized carbons (Fsp3) is 0.750. The number of hydrogen-bond acceptors (Lipinski definition) is 3. The van der Waals surface area contributed by atoms with Crippen molar-refractivity contribution in [2.75, 3.05) is 0 Å². The molecule has 0 aromatic carbocycles. The maximum Gasteiger partial charge on any atom is 0.291 e. The van der Waals surface area contributed by atoms with Gasteiger partial charge in [0.05, 0.1) is 0 Å². The first kappa shape index (κ1) is 10.7. The van der Waals surface area contributed by atoms with Crippen LogP contribution in [0.1, 0.15) is 49.1 Å². The molecule has 3 unspecified atom stereocenters. The van der Waals surface area contributed by atoms with Gasteiger partial charge >= 0.3 is 0 Å². The van der Waals surface area contributed by atoms with Crippen molar-refractivity contribution in [3.8, 4) is 0 Å². The van der Waals surface area contributed by atoms with Gasteiger partial charge in [0.15, 0.2) is 0 Å². The maximum absolute atomic E-state index is 12.0. The Morgan fingerprint density at radius 2 is 2.35 bits per heavy atom. The molecule has 0 spiro atoms. The van der Waals surface area contributed by atoms with Crippen LogP contribution in [-0.2, 0) is 6.42 Å². The molecule has 2 aliphatic rings. The average molecular weight is 234 g/mol. The van der Waals surface area contributed by atoms with Gasteiger partial charge in [-0.1, -0.05) is 13.3 Å². The lowest BCUT2D eigenvalue weighted by molar-refractivity contribution is 0.0912. The molecule has 1 heterocycles. The zero-order chi connectivity index (χ0) is 11.8. The molecule has 1 aromatic rings. The Morgan fingerprint density at radius 3 is 2.94 bits per heavy atom. The van der Waals surface area contributed by atoms with Crippen molar-refractivity contribution in [3.63, 3.8) is 0 Å². The smallest absolute Gasteiger partial charge is 0.291 e. The van der Waals surface area contributed by atoms with Crippen molar-refractivity contribution in [2.24, 2.45) is 11.8 Å². The number of nitrogens with one attached hydrogen (secondary N) is 2. The minimum Gasteiger partial charge on any atom is -0.346 e. The van der Waals surface area contributed by atoms with E-state index in [-0.39, 0.29) is 11.7 Å². The van der Waals surface area contributed by atoms with E-state index in [9.17, 15) is 4.79 Å². The molecule has 2 bridgehead atoms. The molecule has 1 aromatic heterocycles. The van der Waals surface area contributed by atoms with E-state index < -0.39 is 0 Å². The minimum absolute atomic E-state index is 0.126. The van der Waals surface area contributed by atoms with E-state index in [1.54, 1.807) is 0 Å². The summed E-state index contributed by atoms with van der Waals surface area (Å²) in [6.07, 6.45) is 5.82. The lowest BCUT2D eigenvalue weighted by atomic mass is 9.95. The number of aryl methyl sites for hydroxylation is 1. The van der Waals surface area contributed by atoms with Crippen molar-refractivity contribution in [1.82, 2.24) is 20.5 Å². The van der Waals surface area contributed by atoms with Gasteiger partial charge in [0, 0.05) is 12.5 Å². The summed E-state index contributed by atoms with van der Waals surface area (Å²) in [5.74, 6) is 2.45. The molecule has 3 rings (SSSR count). The zero-order valence-corrected chi connectivity index (χ0v) is 10.1. The van der Waals surface area contributed by atoms with E-state index in [1.165, 1.54) is 19.3 Å². The van der Waals surface area contributed by atoms with Gasteiger partial charge in [-0.2, -0.15) is 0 Å². The fourth-order valence-electron chi connectivity index (χ4n) is 3.21. The topological polar surface area (TPSA) is 70.7 Å². The van der Waals surface area contributed by atoms with Crippen LogP contribution in [0.2, 0.25) is 0 Å². The molecular formula is C12H18N4O. The molecule has 92 valence electrons. The first-order valence-electron chi connectivity index (χ1n) is 6.48. The molecular weight excluding hydrogens is 216 g/mol. The number of fused-ring (bicyclic) bond motifs is 2. The van der Waals surface area contributed by atoms with Crippen LogP contribution in [0.4, 0.5) is 0 Å². The first-order chi connectivity index (χ1) is 8.26. The number of aromatic nitrogens is 3. The molecule has 0 radical (unpaired) electrons. The Hall–Kier alpha value is -1.39. The number of amides is 1. The van der Waals surface area contributed by atoms with Crippen molar-refractivity contribution in [3.05, 3.63) is 11.6 Å². The second kappa shape index (κ2) is 4.13. The van der Waals surface area contributed by atoms with Crippen molar-refractivity contribution >= 4 is 5.91 Å². The predicted molar refractivity (Wildman–Crippen MR) is 62.5 cm³/mol. The highest BCUT2D eigenvalue weighted by molar-refractivity contribution is 5.90. The van der Waals surface area contributed by atoms with Crippen LogP contribution in [0.25, 0.3) is 0 Å². The van der Waals surface area contributed by atoms with Crippen LogP contribution < -0.4 is 5.32 Å². The molecule has 1 amide bonds. The molecule has 17 heavy (non-hydrogen) atoms. The highest BCUT2D eigenvalue weighted by Crippen LogP contribution is 2.44. The average Bonchev–Trinajstić information content (AvgIpc) is 3.04. The van der Waals surface area contributed by atoms with Gasteiger partial charge in [0.1, 0.15) is 5.82 Å². The van der Waals surface area contributed by atoms with Crippen LogP contribution in [0.15, 0.2) is 0 Å². The molecule has 5 heteroatoms. The van der Waals surface area contributed by atoms with Gasteiger partial charge in [-0.05, 0) is 31.1 Å². The summed E-state index contributed by atoms with van der Waals surface area (Å²) in [5.41, 5.74) is 0. The second-order valence-corrected chi connectivity index (χ2v) is 5.21. The summed E-state index contributed by atoms with van der Waals surface area (Å²) in [5, 5.41) is 9.80. The van der Waals surface area contributed by atoms with E-state index in [4.69, 9.17) is 0 Å². The Kier molecular flexibility index (Phi) is 2.61. The minimum atomic E-state index is -0.126. The zero-order valence-electron chi connectivity index (χ0n) is 10.1. The Bertz CT molecular complexity index is 428. The van der Waals surface area contributed by atoms with Gasteiger partial charge in [0.2, 0.25) is 5.82 Å². The number of rotatable bonds is 3. The summed E-state index contributed by atoms with van der Waals surface area (Å²) < 4.78 is 0. The lowest BCUT2D eigenvalue weighted by Crippen LogP contribution is -2.38. The quantitative estimate of drug-likeness (QED) is 0.827. The van der Waals surface area contributed by atoms with Crippen molar-refractivity contribution in [2.45, 2.75) is 45.1 Å². The molecule has 2 fully saturated rings. The van der Waals surface area contributed by atoms with Crippen LogP contribution in [0, 0.1) is 11.8 Å². The molecule has 5 nitrogen and oxygen atoms in total. The molecule has 3 atom stereocenters. The van der Waals surface area contributed by atoms with E-state index in [1.807, 2.05) is 6.92 Å². The van der Waals surface area contributed by atoms with Crippen LogP contribution >= 0.6 is 0 Å². The van der Waals surface area contributed by atoms with Crippen molar-refractivity contribution < 1.29 is 4.79 Å². The van der Waals surface area contributed by atoms with Crippen molar-refractivity contribution in [1.29, 1.82) is 0 Å². The van der Waals surface area contributed by atoms with Gasteiger partial charge < -0.3 is 5.32 Å². The third-order valence-electron chi connectivity index (χ3n) is 4.12. The summed E-state index contributed by atoms with van der Waals surface area (Å²) in [6, 6.07) is 0.352. The summed E-state index contributed by atoms with van der Waals surface area (Å²) in [4.78, 5) is 16.1. The van der Waals surface area contributed by atoms with E-state index in [2.05, 4.69) is 20.5 Å². The maximum atomic E-state index is 12.0. The second-order valence-electron chi connectivity index (χ2n) is 5.21. The lowest BCUT2D eigenvalue weighted by Gasteiger charge is -2.21. The Labute approximate surface area is 100 Å². The summed E-state index contributed by atoms with van der Waals surface area (Å²) in [6.45, 7) is 1.98. The van der Waals surface area contributed by atoms with Gasteiger partial charge in [-0.15, -0.1) is 5.10 Å². The monoisotopic (exact) mass is 234 g/mol. The van der Waals surface area contributed by atoms with Gasteiger partial charge in [-0.3, -0.25) is 9.89 Å². The first-order valence-corrected chi connectivity index (χ1v) is 6.48. The van der Waals surface area contributed by atoms with Crippen LogP contribution in [-0.4, -0.2) is 27.1 Å². The Balaban J connectivity index is 1.63. The standard InChI is InChI=1S/C12H18N4O/c1-2-10-14-11(16-15-10)12(17)13-9-6-7-3-4-8(9)5-7/h7-9H,2-6H2,1H3,(H,13,17)(H,14,15,16). The van der Waals surface area contributed by atoms with Crippen LogP contribution in [0.5, 0.6) is 0 Å². The molecule has 2 aliphatic carbocycles. The highest BCUT2D eigenvalue weighted by atomic mass is 16.2. The van der Waals surface area contributed by atoms with Crippen LogP contribution in [0.3, 0.4) is 0 Å². The number of carbonyl (C=O) groups excluding carboxylic acids is 1. The number of nitrogens with zero attached hydrogens (tertiary/aromatic N) is 2. The number of H-pyrrole nitrogens is 1. The Morgan fingerprint density at radius 1 is 1.47 bits per heavy atom. The van der Waals surface area contributed by atoms with Gasteiger partial charge in [-0.25, -0.2) is 4.98 Å².